The maximum absolute atomic E-state index is 11.3. The molecule has 1 aromatic rings. The van der Waals surface area contributed by atoms with Crippen molar-refractivity contribution in [3.8, 4) is 0 Å². The first-order valence-electron chi connectivity index (χ1n) is 6.76. The van der Waals surface area contributed by atoms with Crippen molar-refractivity contribution < 1.29 is 19.4 Å². The Morgan fingerprint density at radius 1 is 1.25 bits per heavy atom. The molecule has 2 heterocycles. The lowest BCUT2D eigenvalue weighted by molar-refractivity contribution is -0.169. The Labute approximate surface area is 117 Å². The predicted octanol–water partition coefficient (Wildman–Crippen LogP) is 1.31. The van der Waals surface area contributed by atoms with E-state index in [1.165, 1.54) is 0 Å². The normalized spacial score (nSPS) is 21.3. The van der Waals surface area contributed by atoms with Crippen LogP contribution < -0.4 is 10.6 Å². The maximum atomic E-state index is 11.3. The summed E-state index contributed by atoms with van der Waals surface area (Å²) in [7, 11) is 0. The van der Waals surface area contributed by atoms with Gasteiger partial charge in [-0.3, -0.25) is 0 Å². The molecule has 6 heteroatoms. The number of nitrogen functional groups attached to an aromatic ring is 1. The highest BCUT2D eigenvalue weighted by Crippen LogP contribution is 2.36. The molecule has 1 aromatic carbocycles. The van der Waals surface area contributed by atoms with Crippen molar-refractivity contribution in [1.29, 1.82) is 0 Å². The van der Waals surface area contributed by atoms with Crippen molar-refractivity contribution in [2.75, 3.05) is 36.9 Å². The zero-order chi connectivity index (χ0) is 14.2. The molecule has 20 heavy (non-hydrogen) atoms. The molecule has 2 fully saturated rings. The van der Waals surface area contributed by atoms with Crippen LogP contribution in [-0.2, 0) is 9.47 Å². The Kier molecular flexibility index (Phi) is 3.27. The second kappa shape index (κ2) is 4.96. The summed E-state index contributed by atoms with van der Waals surface area (Å²) >= 11 is 0. The summed E-state index contributed by atoms with van der Waals surface area (Å²) in [4.78, 5) is 13.3. The summed E-state index contributed by atoms with van der Waals surface area (Å²) in [6, 6.07) is 4.98. The molecular weight excluding hydrogens is 260 g/mol. The lowest BCUT2D eigenvalue weighted by atomic mass is 10.0. The number of carboxylic acids is 1. The molecule has 2 saturated heterocycles. The number of benzene rings is 1. The van der Waals surface area contributed by atoms with Gasteiger partial charge < -0.3 is 25.2 Å². The Morgan fingerprint density at radius 3 is 2.50 bits per heavy atom. The minimum Gasteiger partial charge on any atom is -0.478 e. The number of nitrogens with zero attached hydrogens (tertiary/aromatic N) is 1. The highest BCUT2D eigenvalue weighted by molar-refractivity contribution is 5.98. The summed E-state index contributed by atoms with van der Waals surface area (Å²) in [5.74, 6) is -1.43. The number of hydrogen-bond donors (Lipinski definition) is 2. The third kappa shape index (κ3) is 2.21. The molecule has 1 spiro atoms. The van der Waals surface area contributed by atoms with Crippen LogP contribution >= 0.6 is 0 Å². The number of nitrogens with two attached hydrogens (primary N) is 1. The molecular formula is C14H18N2O4. The van der Waals surface area contributed by atoms with Crippen LogP contribution in [0, 0.1) is 0 Å². The van der Waals surface area contributed by atoms with Crippen LogP contribution in [0.3, 0.4) is 0 Å². The minimum absolute atomic E-state index is 0.245. The van der Waals surface area contributed by atoms with Crippen molar-refractivity contribution in [2.45, 2.75) is 18.6 Å². The van der Waals surface area contributed by atoms with Gasteiger partial charge in [0.1, 0.15) is 0 Å². The number of anilines is 2. The van der Waals surface area contributed by atoms with Gasteiger partial charge >= 0.3 is 5.97 Å². The van der Waals surface area contributed by atoms with E-state index in [9.17, 15) is 9.90 Å². The highest BCUT2D eigenvalue weighted by atomic mass is 16.7. The molecule has 0 radical (unpaired) electrons. The third-order valence-corrected chi connectivity index (χ3v) is 3.95. The first-order chi connectivity index (χ1) is 9.61. The van der Waals surface area contributed by atoms with E-state index in [-0.39, 0.29) is 5.56 Å². The van der Waals surface area contributed by atoms with E-state index in [2.05, 4.69) is 0 Å². The summed E-state index contributed by atoms with van der Waals surface area (Å²) in [6.07, 6.45) is 1.45. The zero-order valence-electron chi connectivity index (χ0n) is 11.2. The van der Waals surface area contributed by atoms with Crippen LogP contribution in [0.25, 0.3) is 0 Å². The molecule has 108 valence electrons. The molecule has 0 bridgehead atoms. The summed E-state index contributed by atoms with van der Waals surface area (Å²) in [5.41, 5.74) is 7.31. The number of aromatic carboxylic acids is 1. The maximum Gasteiger partial charge on any atom is 0.337 e. The first-order valence-corrected chi connectivity index (χ1v) is 6.76. The smallest absolute Gasteiger partial charge is 0.337 e. The van der Waals surface area contributed by atoms with Gasteiger partial charge in [-0.15, -0.1) is 0 Å². The van der Waals surface area contributed by atoms with E-state index in [1.807, 2.05) is 4.90 Å². The number of hydrogen-bond acceptors (Lipinski definition) is 5. The Balaban J connectivity index is 1.83. The van der Waals surface area contributed by atoms with Crippen molar-refractivity contribution in [3.63, 3.8) is 0 Å². The van der Waals surface area contributed by atoms with Crippen LogP contribution in [0.5, 0.6) is 0 Å². The molecule has 0 aromatic heterocycles. The molecule has 6 nitrogen and oxygen atoms in total. The van der Waals surface area contributed by atoms with Gasteiger partial charge in [0.2, 0.25) is 0 Å². The fourth-order valence-electron chi connectivity index (χ4n) is 2.94. The van der Waals surface area contributed by atoms with Gasteiger partial charge in [0.25, 0.3) is 0 Å². The van der Waals surface area contributed by atoms with Crippen LogP contribution in [0.2, 0.25) is 0 Å². The number of piperidine rings is 1. The zero-order valence-corrected chi connectivity index (χ0v) is 11.2. The summed E-state index contributed by atoms with van der Waals surface area (Å²) < 4.78 is 11.4. The molecule has 0 unspecified atom stereocenters. The molecule has 0 atom stereocenters. The van der Waals surface area contributed by atoms with E-state index in [0.29, 0.717) is 37.7 Å². The number of rotatable bonds is 2. The van der Waals surface area contributed by atoms with Crippen LogP contribution in [0.15, 0.2) is 18.2 Å². The molecule has 3 rings (SSSR count). The highest BCUT2D eigenvalue weighted by Gasteiger charge is 2.40. The van der Waals surface area contributed by atoms with Gasteiger partial charge in [-0.05, 0) is 12.1 Å². The minimum atomic E-state index is -0.957. The second-order valence-corrected chi connectivity index (χ2v) is 5.14. The second-order valence-electron chi connectivity index (χ2n) is 5.14. The van der Waals surface area contributed by atoms with Crippen molar-refractivity contribution in [3.05, 3.63) is 23.8 Å². The number of para-hydroxylation sites is 1. The topological polar surface area (TPSA) is 85.0 Å². The van der Waals surface area contributed by atoms with E-state index in [4.69, 9.17) is 15.2 Å². The Bertz CT molecular complexity index is 516. The SMILES string of the molecule is Nc1cccc(C(=O)O)c1N1CCC2(CC1)OCCO2. The standard InChI is InChI=1S/C14H18N2O4/c15-11-3-1-2-10(13(17)18)12(11)16-6-4-14(5-7-16)19-8-9-20-14/h1-3H,4-9,15H2,(H,17,18). The lowest BCUT2D eigenvalue weighted by Gasteiger charge is -2.39. The quantitative estimate of drug-likeness (QED) is 0.793. The van der Waals surface area contributed by atoms with Crippen molar-refractivity contribution in [2.24, 2.45) is 0 Å². The molecule has 2 aliphatic rings. The average Bonchev–Trinajstić information content (AvgIpc) is 2.88. The number of carbonyl (C=O) groups is 1. The fourth-order valence-corrected chi connectivity index (χ4v) is 2.94. The van der Waals surface area contributed by atoms with Crippen molar-refractivity contribution in [1.82, 2.24) is 0 Å². The molecule has 0 amide bonds. The van der Waals surface area contributed by atoms with Gasteiger partial charge in [0.15, 0.2) is 5.79 Å². The van der Waals surface area contributed by atoms with E-state index in [0.717, 1.165) is 12.8 Å². The molecule has 0 aliphatic carbocycles. The monoisotopic (exact) mass is 278 g/mol. The van der Waals surface area contributed by atoms with Gasteiger partial charge in [-0.25, -0.2) is 4.79 Å². The van der Waals surface area contributed by atoms with Crippen molar-refractivity contribution >= 4 is 17.3 Å². The Hall–Kier alpha value is -1.79. The first kappa shape index (κ1) is 13.2. The fraction of sp³-hybridized carbons (Fsp3) is 0.500. The van der Waals surface area contributed by atoms with Crippen LogP contribution in [0.1, 0.15) is 23.2 Å². The number of carboxylic acid groups (broad SMARTS) is 1. The van der Waals surface area contributed by atoms with Gasteiger partial charge in [-0.2, -0.15) is 0 Å². The molecule has 3 N–H and O–H groups in total. The summed E-state index contributed by atoms with van der Waals surface area (Å²) in [5, 5.41) is 9.29. The van der Waals surface area contributed by atoms with E-state index >= 15 is 0 Å². The molecule has 0 saturated carbocycles. The average molecular weight is 278 g/mol. The summed E-state index contributed by atoms with van der Waals surface area (Å²) in [6.45, 7) is 2.62. The number of ether oxygens (including phenoxy) is 2. The Morgan fingerprint density at radius 2 is 1.90 bits per heavy atom. The lowest BCUT2D eigenvalue weighted by Crippen LogP contribution is -2.45. The largest absolute Gasteiger partial charge is 0.478 e. The van der Waals surface area contributed by atoms with Gasteiger partial charge in [-0.1, -0.05) is 6.07 Å². The van der Waals surface area contributed by atoms with Crippen LogP contribution in [0.4, 0.5) is 11.4 Å². The third-order valence-electron chi connectivity index (χ3n) is 3.95. The van der Waals surface area contributed by atoms with Gasteiger partial charge in [0.05, 0.1) is 30.2 Å². The van der Waals surface area contributed by atoms with E-state index < -0.39 is 11.8 Å². The predicted molar refractivity (Wildman–Crippen MR) is 73.9 cm³/mol. The van der Waals surface area contributed by atoms with Crippen LogP contribution in [-0.4, -0.2) is 43.2 Å². The molecule has 2 aliphatic heterocycles. The van der Waals surface area contributed by atoms with E-state index in [1.54, 1.807) is 18.2 Å². The van der Waals surface area contributed by atoms with Gasteiger partial charge in [0, 0.05) is 25.9 Å².